The summed E-state index contributed by atoms with van der Waals surface area (Å²) in [5.74, 6) is 0. The third-order valence-electron chi connectivity index (χ3n) is 2.39. The lowest BCUT2D eigenvalue weighted by molar-refractivity contribution is 0.168. The average Bonchev–Trinajstić information content (AvgIpc) is 2.76. The molecule has 0 radical (unpaired) electrons. The van der Waals surface area contributed by atoms with Crippen LogP contribution in [0.4, 0.5) is 16.2 Å². The van der Waals surface area contributed by atoms with Gasteiger partial charge in [-0.2, -0.15) is 0 Å². The van der Waals surface area contributed by atoms with Gasteiger partial charge in [0.2, 0.25) is 0 Å². The van der Waals surface area contributed by atoms with E-state index in [1.54, 1.807) is 19.4 Å². The van der Waals surface area contributed by atoms with Crippen LogP contribution >= 0.6 is 0 Å². The number of ether oxygens (including phenoxy) is 1. The fraction of sp³-hybridized carbons (Fsp3) is 0.364. The van der Waals surface area contributed by atoms with Crippen molar-refractivity contribution in [1.29, 1.82) is 0 Å². The second-order valence-corrected chi connectivity index (χ2v) is 3.86. The van der Waals surface area contributed by atoms with Gasteiger partial charge in [-0.1, -0.05) is 0 Å². The Morgan fingerprint density at radius 3 is 2.94 bits per heavy atom. The fourth-order valence-electron chi connectivity index (χ4n) is 1.71. The molecule has 1 amide bonds. The minimum Gasteiger partial charge on any atom is -0.450 e. The molecule has 2 rings (SSSR count). The lowest BCUT2D eigenvalue weighted by Gasteiger charge is -2.17. The molecule has 7 heteroatoms. The van der Waals surface area contributed by atoms with Gasteiger partial charge in [0.05, 0.1) is 30.5 Å². The largest absolute Gasteiger partial charge is 0.450 e. The van der Waals surface area contributed by atoms with Gasteiger partial charge in [0.1, 0.15) is 5.52 Å². The van der Waals surface area contributed by atoms with Gasteiger partial charge >= 0.3 is 6.09 Å². The van der Waals surface area contributed by atoms with Crippen molar-refractivity contribution in [3.05, 3.63) is 12.5 Å². The summed E-state index contributed by atoms with van der Waals surface area (Å²) in [6.07, 6.45) is 2.63. The van der Waals surface area contributed by atoms with Crippen LogP contribution in [-0.2, 0) is 4.74 Å². The van der Waals surface area contributed by atoms with Gasteiger partial charge in [-0.3, -0.25) is 5.32 Å². The molecule has 0 spiro atoms. The summed E-state index contributed by atoms with van der Waals surface area (Å²) in [4.78, 5) is 24.6. The smallest absolute Gasteiger partial charge is 0.411 e. The second kappa shape index (κ2) is 4.91. The van der Waals surface area contributed by atoms with Crippen molar-refractivity contribution in [1.82, 2.24) is 15.0 Å². The van der Waals surface area contributed by atoms with E-state index < -0.39 is 6.09 Å². The normalized spacial score (nSPS) is 10.4. The van der Waals surface area contributed by atoms with Crippen molar-refractivity contribution in [3.8, 4) is 0 Å². The van der Waals surface area contributed by atoms with Crippen LogP contribution in [0.1, 0.15) is 6.92 Å². The second-order valence-electron chi connectivity index (χ2n) is 3.86. The molecule has 0 aliphatic heterocycles. The maximum Gasteiger partial charge on any atom is 0.411 e. The van der Waals surface area contributed by atoms with Crippen LogP contribution in [0, 0.1) is 0 Å². The molecule has 96 valence electrons. The molecule has 0 aromatic carbocycles. The van der Waals surface area contributed by atoms with Crippen molar-refractivity contribution < 1.29 is 9.53 Å². The first-order valence-electron chi connectivity index (χ1n) is 5.56. The number of aromatic nitrogens is 3. The number of imidazole rings is 1. The summed E-state index contributed by atoms with van der Waals surface area (Å²) in [6, 6.07) is 0. The first kappa shape index (κ1) is 12.2. The van der Waals surface area contributed by atoms with Gasteiger partial charge in [0, 0.05) is 14.1 Å². The van der Waals surface area contributed by atoms with E-state index in [-0.39, 0.29) is 0 Å². The molecule has 0 aliphatic rings. The quantitative estimate of drug-likeness (QED) is 0.863. The highest BCUT2D eigenvalue weighted by atomic mass is 16.5. The van der Waals surface area contributed by atoms with Crippen LogP contribution < -0.4 is 10.2 Å². The summed E-state index contributed by atoms with van der Waals surface area (Å²) >= 11 is 0. The number of hydrogen-bond acceptors (Lipinski definition) is 5. The van der Waals surface area contributed by atoms with Gasteiger partial charge in [0.15, 0.2) is 5.65 Å². The highest BCUT2D eigenvalue weighted by Crippen LogP contribution is 2.30. The summed E-state index contributed by atoms with van der Waals surface area (Å²) in [5.41, 5.74) is 2.77. The van der Waals surface area contributed by atoms with Crippen molar-refractivity contribution in [2.24, 2.45) is 0 Å². The number of hydrogen-bond donors (Lipinski definition) is 2. The molecular formula is C11H15N5O2. The number of anilines is 2. The van der Waals surface area contributed by atoms with Gasteiger partial charge < -0.3 is 14.6 Å². The molecule has 0 saturated carbocycles. The van der Waals surface area contributed by atoms with E-state index in [4.69, 9.17) is 4.74 Å². The third kappa shape index (κ3) is 2.20. The first-order chi connectivity index (χ1) is 8.63. The topological polar surface area (TPSA) is 83.1 Å². The van der Waals surface area contributed by atoms with E-state index in [1.807, 2.05) is 19.0 Å². The number of rotatable bonds is 3. The number of pyridine rings is 1. The highest BCUT2D eigenvalue weighted by molar-refractivity contribution is 5.98. The molecule has 0 unspecified atom stereocenters. The van der Waals surface area contributed by atoms with Crippen LogP contribution in [0.15, 0.2) is 12.5 Å². The summed E-state index contributed by atoms with van der Waals surface area (Å²) in [7, 11) is 3.76. The lowest BCUT2D eigenvalue weighted by Crippen LogP contribution is -2.18. The van der Waals surface area contributed by atoms with Crippen LogP contribution in [0.5, 0.6) is 0 Å². The Hall–Kier alpha value is -2.31. The van der Waals surface area contributed by atoms with Crippen LogP contribution in [0.25, 0.3) is 11.2 Å². The molecule has 18 heavy (non-hydrogen) atoms. The first-order valence-corrected chi connectivity index (χ1v) is 5.56. The molecule has 7 nitrogen and oxygen atoms in total. The van der Waals surface area contributed by atoms with E-state index in [0.717, 1.165) is 11.2 Å². The Labute approximate surface area is 104 Å². The number of aromatic amines is 1. The van der Waals surface area contributed by atoms with Crippen molar-refractivity contribution in [3.63, 3.8) is 0 Å². The minimum absolute atomic E-state index is 0.322. The SMILES string of the molecule is CCOC(=O)Nc1cnc2nc[nH]c2c1N(C)C. The highest BCUT2D eigenvalue weighted by Gasteiger charge is 2.14. The van der Waals surface area contributed by atoms with Gasteiger partial charge in [0.25, 0.3) is 0 Å². The Morgan fingerprint density at radius 2 is 2.28 bits per heavy atom. The van der Waals surface area contributed by atoms with Crippen molar-refractivity contribution in [2.75, 3.05) is 30.9 Å². The lowest BCUT2D eigenvalue weighted by atomic mass is 10.3. The van der Waals surface area contributed by atoms with E-state index >= 15 is 0 Å². The Balaban J connectivity index is 2.43. The minimum atomic E-state index is -0.499. The molecule has 0 fully saturated rings. The van der Waals surface area contributed by atoms with Gasteiger partial charge in [-0.15, -0.1) is 0 Å². The van der Waals surface area contributed by atoms with Crippen molar-refractivity contribution >= 4 is 28.6 Å². The maximum absolute atomic E-state index is 11.5. The van der Waals surface area contributed by atoms with Crippen molar-refractivity contribution in [2.45, 2.75) is 6.92 Å². The Morgan fingerprint density at radius 1 is 1.50 bits per heavy atom. The summed E-state index contributed by atoms with van der Waals surface area (Å²) in [6.45, 7) is 2.08. The zero-order valence-electron chi connectivity index (χ0n) is 10.5. The fourth-order valence-corrected chi connectivity index (χ4v) is 1.71. The standard InChI is InChI=1S/C11H15N5O2/c1-4-18-11(17)15-7-5-12-10-8(13-6-14-10)9(7)16(2)3/h5-6H,4H2,1-3H3,(H,15,17)(H,12,13,14). The number of carbonyl (C=O) groups excluding carboxylic acids is 1. The number of carbonyl (C=O) groups is 1. The van der Waals surface area contributed by atoms with Gasteiger partial charge in [-0.25, -0.2) is 14.8 Å². The summed E-state index contributed by atoms with van der Waals surface area (Å²) in [5, 5.41) is 2.66. The molecular weight excluding hydrogens is 234 g/mol. The Bertz CT molecular complexity index is 564. The van der Waals surface area contributed by atoms with E-state index in [1.165, 1.54) is 0 Å². The van der Waals surface area contributed by atoms with E-state index in [9.17, 15) is 4.79 Å². The molecule has 0 bridgehead atoms. The predicted molar refractivity (Wildman–Crippen MR) is 68.9 cm³/mol. The third-order valence-corrected chi connectivity index (χ3v) is 2.39. The Kier molecular flexibility index (Phi) is 3.31. The summed E-state index contributed by atoms with van der Waals surface area (Å²) < 4.78 is 4.85. The molecule has 2 aromatic rings. The number of H-pyrrole nitrogens is 1. The molecule has 0 atom stereocenters. The maximum atomic E-state index is 11.5. The van der Waals surface area contributed by atoms with Gasteiger partial charge in [-0.05, 0) is 6.92 Å². The molecule has 0 aliphatic carbocycles. The van der Waals surface area contributed by atoms with Crippen LogP contribution in [0.2, 0.25) is 0 Å². The van der Waals surface area contributed by atoms with E-state index in [0.29, 0.717) is 17.9 Å². The molecule has 2 heterocycles. The molecule has 2 N–H and O–H groups in total. The molecule has 0 saturated heterocycles. The number of amides is 1. The zero-order chi connectivity index (χ0) is 13.1. The van der Waals surface area contributed by atoms with E-state index in [2.05, 4.69) is 20.3 Å². The van der Waals surface area contributed by atoms with Crippen LogP contribution in [-0.4, -0.2) is 41.7 Å². The molecule has 2 aromatic heterocycles. The number of nitrogens with one attached hydrogen (secondary N) is 2. The zero-order valence-corrected chi connectivity index (χ0v) is 10.5. The predicted octanol–water partition coefficient (Wildman–Crippen LogP) is 1.59. The van der Waals surface area contributed by atoms with Crippen LogP contribution in [0.3, 0.4) is 0 Å². The number of nitrogens with zero attached hydrogens (tertiary/aromatic N) is 3. The number of fused-ring (bicyclic) bond motifs is 1. The monoisotopic (exact) mass is 249 g/mol. The average molecular weight is 249 g/mol.